The Morgan fingerprint density at radius 2 is 2.29 bits per heavy atom. The number of ether oxygens (including phenoxy) is 1. The van der Waals surface area contributed by atoms with Gasteiger partial charge in [0, 0.05) is 6.42 Å². The number of aliphatic hydroxyl groups excluding tert-OH is 2. The van der Waals surface area contributed by atoms with Crippen LogP contribution in [0.15, 0.2) is 0 Å². The summed E-state index contributed by atoms with van der Waals surface area (Å²) in [7, 11) is 0. The molecule has 2 aliphatic rings. The Morgan fingerprint density at radius 3 is 2.71 bits per heavy atom. The molecule has 1 spiro atoms. The maximum absolute atomic E-state index is 11.3. The van der Waals surface area contributed by atoms with E-state index >= 15 is 0 Å². The molecule has 2 fully saturated rings. The molecule has 7 heteroatoms. The largest absolute Gasteiger partial charge is 0.394 e. The molecule has 14 heavy (non-hydrogen) atoms. The molecule has 3 amide bonds. The summed E-state index contributed by atoms with van der Waals surface area (Å²) >= 11 is 0. The first-order valence-corrected chi connectivity index (χ1v) is 4.18. The maximum Gasteiger partial charge on any atom is 0.324 e. The third kappa shape index (κ3) is 1.17. The van der Waals surface area contributed by atoms with E-state index in [4.69, 9.17) is 9.84 Å². The molecule has 4 N–H and O–H groups in total. The van der Waals surface area contributed by atoms with Crippen molar-refractivity contribution in [1.29, 1.82) is 0 Å². The minimum atomic E-state index is -1.50. The molecule has 0 aromatic heterocycles. The Labute approximate surface area is 79.0 Å². The van der Waals surface area contributed by atoms with Gasteiger partial charge in [-0.1, -0.05) is 0 Å². The number of aliphatic hydroxyl groups is 2. The highest BCUT2D eigenvalue weighted by molar-refractivity contribution is 6.06. The highest BCUT2D eigenvalue weighted by Crippen LogP contribution is 2.30. The van der Waals surface area contributed by atoms with Crippen LogP contribution in [-0.4, -0.2) is 46.7 Å². The van der Waals surface area contributed by atoms with Gasteiger partial charge in [-0.3, -0.25) is 10.1 Å². The van der Waals surface area contributed by atoms with Gasteiger partial charge >= 0.3 is 6.03 Å². The van der Waals surface area contributed by atoms with Crippen LogP contribution in [0.25, 0.3) is 0 Å². The van der Waals surface area contributed by atoms with E-state index in [1.807, 2.05) is 5.32 Å². The smallest absolute Gasteiger partial charge is 0.324 e. The first-order valence-electron chi connectivity index (χ1n) is 4.18. The number of imide groups is 1. The highest BCUT2D eigenvalue weighted by atomic mass is 16.6. The molecule has 78 valence electrons. The van der Waals surface area contributed by atoms with Crippen molar-refractivity contribution in [3.63, 3.8) is 0 Å². The maximum atomic E-state index is 11.3. The van der Waals surface area contributed by atoms with Gasteiger partial charge in [-0.25, -0.2) is 4.79 Å². The number of nitrogens with one attached hydrogen (secondary N) is 2. The second-order valence-electron chi connectivity index (χ2n) is 3.35. The van der Waals surface area contributed by atoms with Gasteiger partial charge in [-0.15, -0.1) is 0 Å². The Hall–Kier alpha value is -1.18. The van der Waals surface area contributed by atoms with Gasteiger partial charge in [0.25, 0.3) is 5.91 Å². The average Bonchev–Trinajstić information content (AvgIpc) is 2.55. The lowest BCUT2D eigenvalue weighted by atomic mass is 10.1. The molecule has 2 aliphatic heterocycles. The van der Waals surface area contributed by atoms with Crippen molar-refractivity contribution < 1.29 is 24.5 Å². The molecule has 0 bridgehead atoms. The van der Waals surface area contributed by atoms with Gasteiger partial charge in [0.15, 0.2) is 0 Å². The zero-order valence-corrected chi connectivity index (χ0v) is 7.19. The van der Waals surface area contributed by atoms with Crippen molar-refractivity contribution in [2.45, 2.75) is 24.4 Å². The van der Waals surface area contributed by atoms with Crippen LogP contribution < -0.4 is 10.6 Å². The van der Waals surface area contributed by atoms with Crippen LogP contribution in [0.3, 0.4) is 0 Å². The summed E-state index contributed by atoms with van der Waals surface area (Å²) in [6.07, 6.45) is -1.83. The zero-order valence-electron chi connectivity index (χ0n) is 7.19. The monoisotopic (exact) mass is 202 g/mol. The fourth-order valence-corrected chi connectivity index (χ4v) is 1.67. The predicted octanol–water partition coefficient (Wildman–Crippen LogP) is -2.34. The number of rotatable bonds is 1. The Morgan fingerprint density at radius 1 is 1.57 bits per heavy atom. The normalized spacial score (nSPS) is 41.6. The molecule has 0 aromatic rings. The summed E-state index contributed by atoms with van der Waals surface area (Å²) in [5.74, 6) is -0.627. The third-order valence-electron chi connectivity index (χ3n) is 2.37. The summed E-state index contributed by atoms with van der Waals surface area (Å²) in [5, 5.41) is 22.5. The fraction of sp³-hybridized carbons (Fsp3) is 0.714. The zero-order chi connectivity index (χ0) is 10.3. The van der Waals surface area contributed by atoms with Crippen LogP contribution in [0.4, 0.5) is 4.79 Å². The quantitative estimate of drug-likeness (QED) is 0.356. The summed E-state index contributed by atoms with van der Waals surface area (Å²) in [6.45, 7) is -0.397. The fourth-order valence-electron chi connectivity index (χ4n) is 1.67. The number of hydrogen-bond acceptors (Lipinski definition) is 5. The first kappa shape index (κ1) is 9.38. The second-order valence-corrected chi connectivity index (χ2v) is 3.35. The molecule has 2 heterocycles. The Balaban J connectivity index is 2.20. The lowest BCUT2D eigenvalue weighted by molar-refractivity contribution is -0.145. The number of carbonyl (C=O) groups excluding carboxylic acids is 2. The molecule has 3 unspecified atom stereocenters. The summed E-state index contributed by atoms with van der Waals surface area (Å²) in [6, 6.07) is -0.652. The molecular weight excluding hydrogens is 192 g/mol. The topological polar surface area (TPSA) is 108 Å². The minimum Gasteiger partial charge on any atom is -0.394 e. The van der Waals surface area contributed by atoms with Crippen LogP contribution in [-0.2, 0) is 9.53 Å². The number of carbonyl (C=O) groups is 2. The highest BCUT2D eigenvalue weighted by Gasteiger charge is 2.56. The summed E-state index contributed by atoms with van der Waals surface area (Å²) < 4.78 is 5.11. The standard InChI is InChI=1S/C7H10N2O5/c10-2-4-3(11)1-7(14-4)5(12)8-6(13)9-7/h3-4,10-11H,1-2H2,(H2,8,9,12,13). The van der Waals surface area contributed by atoms with Crippen molar-refractivity contribution in [2.24, 2.45) is 0 Å². The molecule has 0 saturated carbocycles. The van der Waals surface area contributed by atoms with Crippen LogP contribution in [0.1, 0.15) is 6.42 Å². The first-order chi connectivity index (χ1) is 6.57. The van der Waals surface area contributed by atoms with E-state index in [-0.39, 0.29) is 6.42 Å². The van der Waals surface area contributed by atoms with Gasteiger partial charge in [0.1, 0.15) is 6.10 Å². The van der Waals surface area contributed by atoms with Crippen LogP contribution in [0, 0.1) is 0 Å². The summed E-state index contributed by atoms with van der Waals surface area (Å²) in [5.41, 5.74) is -1.50. The van der Waals surface area contributed by atoms with E-state index in [0.717, 1.165) is 0 Å². The lowest BCUT2D eigenvalue weighted by Crippen LogP contribution is -2.47. The van der Waals surface area contributed by atoms with Gasteiger partial charge in [-0.2, -0.15) is 0 Å². The van der Waals surface area contributed by atoms with Crippen LogP contribution in [0.5, 0.6) is 0 Å². The van der Waals surface area contributed by atoms with Crippen LogP contribution in [0.2, 0.25) is 0 Å². The van der Waals surface area contributed by atoms with Gasteiger partial charge in [-0.05, 0) is 0 Å². The molecule has 2 saturated heterocycles. The number of urea groups is 1. The molecular formula is C7H10N2O5. The Bertz CT molecular complexity index is 294. The molecule has 0 aliphatic carbocycles. The lowest BCUT2D eigenvalue weighted by Gasteiger charge is -2.19. The van der Waals surface area contributed by atoms with Gasteiger partial charge < -0.3 is 20.3 Å². The number of hydrogen-bond donors (Lipinski definition) is 4. The van der Waals surface area contributed by atoms with Crippen LogP contribution >= 0.6 is 0 Å². The SMILES string of the molecule is O=C1NC(=O)C2(CC(O)C(CO)O2)N1. The molecule has 0 radical (unpaired) electrons. The molecule has 3 atom stereocenters. The van der Waals surface area contributed by atoms with Crippen molar-refractivity contribution >= 4 is 11.9 Å². The summed E-state index contributed by atoms with van der Waals surface area (Å²) in [4.78, 5) is 22.2. The van der Waals surface area contributed by atoms with Crippen molar-refractivity contribution in [2.75, 3.05) is 6.61 Å². The van der Waals surface area contributed by atoms with Crippen molar-refractivity contribution in [3.8, 4) is 0 Å². The second kappa shape index (κ2) is 2.91. The molecule has 2 rings (SSSR count). The molecule has 7 nitrogen and oxygen atoms in total. The number of amides is 3. The van der Waals surface area contributed by atoms with E-state index < -0.39 is 36.5 Å². The minimum absolute atomic E-state index is 0.0458. The van der Waals surface area contributed by atoms with Crippen molar-refractivity contribution in [1.82, 2.24) is 10.6 Å². The Kier molecular flexibility index (Phi) is 1.95. The van der Waals surface area contributed by atoms with E-state index in [2.05, 4.69) is 5.32 Å². The average molecular weight is 202 g/mol. The molecule has 0 aromatic carbocycles. The van der Waals surface area contributed by atoms with Gasteiger partial charge in [0.2, 0.25) is 5.72 Å². The van der Waals surface area contributed by atoms with Crippen molar-refractivity contribution in [3.05, 3.63) is 0 Å². The van der Waals surface area contributed by atoms with E-state index in [1.54, 1.807) is 0 Å². The van der Waals surface area contributed by atoms with Gasteiger partial charge in [0.05, 0.1) is 12.7 Å². The third-order valence-corrected chi connectivity index (χ3v) is 2.37. The predicted molar refractivity (Wildman–Crippen MR) is 42.0 cm³/mol. The van der Waals surface area contributed by atoms with E-state index in [0.29, 0.717) is 0 Å². The van der Waals surface area contributed by atoms with E-state index in [9.17, 15) is 14.7 Å². The van der Waals surface area contributed by atoms with E-state index in [1.165, 1.54) is 0 Å².